The first-order valence-corrected chi connectivity index (χ1v) is 8.24. The molecule has 0 amide bonds. The minimum absolute atomic E-state index is 0.0119. The lowest BCUT2D eigenvalue weighted by atomic mass is 9.92. The van der Waals surface area contributed by atoms with Crippen molar-refractivity contribution in [1.82, 2.24) is 4.72 Å². The number of nitrogens with one attached hydrogen (secondary N) is 1. The second kappa shape index (κ2) is 5.92. The summed E-state index contributed by atoms with van der Waals surface area (Å²) < 4.78 is 32.5. The molecule has 2 rings (SSSR count). The summed E-state index contributed by atoms with van der Waals surface area (Å²) in [6.45, 7) is 2.02. The number of benzene rings is 1. The monoisotopic (exact) mass is 333 g/mol. The van der Waals surface area contributed by atoms with Gasteiger partial charge in [0.15, 0.2) is 0 Å². The van der Waals surface area contributed by atoms with Crippen LogP contribution in [0.15, 0.2) is 23.1 Å². The molecule has 1 aromatic carbocycles. The number of halogens is 1. The molecule has 8 heteroatoms. The van der Waals surface area contributed by atoms with Gasteiger partial charge < -0.3 is 9.84 Å². The first-order valence-electron chi connectivity index (χ1n) is 6.38. The van der Waals surface area contributed by atoms with Crippen LogP contribution < -0.4 is 4.72 Å². The van der Waals surface area contributed by atoms with E-state index in [0.29, 0.717) is 5.56 Å². The van der Waals surface area contributed by atoms with Gasteiger partial charge >= 0.3 is 5.97 Å². The Labute approximate surface area is 128 Å². The lowest BCUT2D eigenvalue weighted by Crippen LogP contribution is -2.57. The quantitative estimate of drug-likeness (QED) is 0.872. The highest BCUT2D eigenvalue weighted by atomic mass is 35.5. The third kappa shape index (κ3) is 3.37. The van der Waals surface area contributed by atoms with Crippen molar-refractivity contribution in [1.29, 1.82) is 0 Å². The Hall–Kier alpha value is -1.15. The first kappa shape index (κ1) is 16.2. The molecule has 0 aromatic heterocycles. The van der Waals surface area contributed by atoms with E-state index in [-0.39, 0.29) is 36.0 Å². The molecule has 2 N–H and O–H groups in total. The zero-order chi connectivity index (χ0) is 15.7. The lowest BCUT2D eigenvalue weighted by molar-refractivity contribution is -0.147. The van der Waals surface area contributed by atoms with E-state index in [4.69, 9.17) is 16.3 Å². The highest BCUT2D eigenvalue weighted by Gasteiger charge is 2.44. The molecule has 0 atom stereocenters. The van der Waals surface area contributed by atoms with Crippen molar-refractivity contribution in [3.05, 3.63) is 28.8 Å². The summed E-state index contributed by atoms with van der Waals surface area (Å²) in [5, 5.41) is 9.69. The number of rotatable bonds is 4. The van der Waals surface area contributed by atoms with E-state index in [2.05, 4.69) is 4.72 Å². The summed E-state index contributed by atoms with van der Waals surface area (Å²) in [7, 11) is -3.99. The van der Waals surface area contributed by atoms with Crippen molar-refractivity contribution < 1.29 is 23.1 Å². The van der Waals surface area contributed by atoms with Gasteiger partial charge in [-0.15, -0.1) is 0 Å². The molecule has 1 fully saturated rings. The van der Waals surface area contributed by atoms with Gasteiger partial charge in [0, 0.05) is 31.1 Å². The van der Waals surface area contributed by atoms with Gasteiger partial charge in [-0.25, -0.2) is 8.42 Å². The van der Waals surface area contributed by atoms with Gasteiger partial charge in [-0.3, -0.25) is 4.79 Å². The first-order chi connectivity index (χ1) is 9.77. The molecule has 0 saturated carbocycles. The molecule has 1 saturated heterocycles. The number of hydrogen-bond acceptors (Lipinski definition) is 4. The molecule has 1 aliphatic rings. The summed E-state index contributed by atoms with van der Waals surface area (Å²) >= 11 is 5.83. The van der Waals surface area contributed by atoms with E-state index in [1.54, 1.807) is 19.1 Å². The van der Waals surface area contributed by atoms with Gasteiger partial charge in [0.1, 0.15) is 5.54 Å². The van der Waals surface area contributed by atoms with Crippen molar-refractivity contribution in [2.24, 2.45) is 0 Å². The molecular weight excluding hydrogens is 318 g/mol. The van der Waals surface area contributed by atoms with Crippen molar-refractivity contribution in [3.8, 4) is 0 Å². The van der Waals surface area contributed by atoms with E-state index in [0.717, 1.165) is 0 Å². The molecule has 0 aliphatic carbocycles. The second-order valence-electron chi connectivity index (χ2n) is 5.01. The molecule has 21 heavy (non-hydrogen) atoms. The van der Waals surface area contributed by atoms with Crippen LogP contribution in [0.2, 0.25) is 5.02 Å². The van der Waals surface area contributed by atoms with Crippen LogP contribution in [0.4, 0.5) is 0 Å². The van der Waals surface area contributed by atoms with E-state index in [1.807, 2.05) is 0 Å². The molecule has 116 valence electrons. The SMILES string of the molecule is Cc1ccc(Cl)cc1S(=O)(=O)NC1(C(=O)O)CCOCC1. The molecular formula is C13H16ClNO5S. The Bertz CT molecular complexity index is 653. The van der Waals surface area contributed by atoms with Crippen LogP contribution in [0.25, 0.3) is 0 Å². The van der Waals surface area contributed by atoms with Crippen LogP contribution in [0, 0.1) is 6.92 Å². The van der Waals surface area contributed by atoms with E-state index >= 15 is 0 Å². The normalized spacial score (nSPS) is 18.4. The van der Waals surface area contributed by atoms with Crippen molar-refractivity contribution in [3.63, 3.8) is 0 Å². The maximum Gasteiger partial charge on any atom is 0.325 e. The van der Waals surface area contributed by atoms with Crippen LogP contribution in [-0.2, 0) is 19.6 Å². The smallest absolute Gasteiger partial charge is 0.325 e. The summed E-state index contributed by atoms with van der Waals surface area (Å²) in [4.78, 5) is 11.5. The van der Waals surface area contributed by atoms with E-state index in [1.165, 1.54) is 6.07 Å². The zero-order valence-corrected chi connectivity index (χ0v) is 13.0. The number of hydrogen-bond donors (Lipinski definition) is 2. The molecule has 0 radical (unpaired) electrons. The molecule has 0 bridgehead atoms. The Morgan fingerprint density at radius 3 is 2.57 bits per heavy atom. The van der Waals surface area contributed by atoms with Crippen LogP contribution in [0.1, 0.15) is 18.4 Å². The number of carboxylic acid groups (broad SMARTS) is 1. The average molecular weight is 334 g/mol. The fraction of sp³-hybridized carbons (Fsp3) is 0.462. The van der Waals surface area contributed by atoms with Gasteiger partial charge in [-0.1, -0.05) is 17.7 Å². The fourth-order valence-electron chi connectivity index (χ4n) is 2.26. The van der Waals surface area contributed by atoms with Gasteiger partial charge in [0.25, 0.3) is 0 Å². The number of ether oxygens (including phenoxy) is 1. The maximum atomic E-state index is 12.5. The third-order valence-electron chi connectivity index (χ3n) is 3.53. The molecule has 1 aromatic rings. The summed E-state index contributed by atoms with van der Waals surface area (Å²) in [6, 6.07) is 4.47. The Kier molecular flexibility index (Phi) is 4.57. The van der Waals surface area contributed by atoms with Crippen LogP contribution >= 0.6 is 11.6 Å². The summed E-state index contributed by atoms with van der Waals surface area (Å²) in [6.07, 6.45) is 0.169. The number of aliphatic carboxylic acids is 1. The summed E-state index contributed by atoms with van der Waals surface area (Å²) in [5.41, 5.74) is -1.04. The highest BCUT2D eigenvalue weighted by Crippen LogP contribution is 2.26. The van der Waals surface area contributed by atoms with Gasteiger partial charge in [-0.05, 0) is 24.6 Å². The molecule has 0 spiro atoms. The average Bonchev–Trinajstić information content (AvgIpc) is 2.42. The molecule has 6 nitrogen and oxygen atoms in total. The number of carboxylic acids is 1. The van der Waals surface area contributed by atoms with Crippen molar-refractivity contribution in [2.75, 3.05) is 13.2 Å². The topological polar surface area (TPSA) is 92.7 Å². The highest BCUT2D eigenvalue weighted by molar-refractivity contribution is 7.89. The number of sulfonamides is 1. The van der Waals surface area contributed by atoms with Crippen LogP contribution in [0.5, 0.6) is 0 Å². The van der Waals surface area contributed by atoms with Gasteiger partial charge in [-0.2, -0.15) is 4.72 Å². The standard InChI is InChI=1S/C13H16ClNO5S/c1-9-2-3-10(14)8-11(9)21(18,19)15-13(12(16)17)4-6-20-7-5-13/h2-3,8,15H,4-7H2,1H3,(H,16,17). The fourth-order valence-corrected chi connectivity index (χ4v) is 4.18. The predicted molar refractivity (Wildman–Crippen MR) is 76.9 cm³/mol. The summed E-state index contributed by atoms with van der Waals surface area (Å²) in [5.74, 6) is -1.20. The molecule has 1 heterocycles. The van der Waals surface area contributed by atoms with Crippen molar-refractivity contribution >= 4 is 27.6 Å². The Balaban J connectivity index is 2.39. The lowest BCUT2D eigenvalue weighted by Gasteiger charge is -2.33. The van der Waals surface area contributed by atoms with Gasteiger partial charge in [0.05, 0.1) is 4.90 Å². The second-order valence-corrected chi connectivity index (χ2v) is 7.10. The Morgan fingerprint density at radius 1 is 1.38 bits per heavy atom. The van der Waals surface area contributed by atoms with Gasteiger partial charge in [0.2, 0.25) is 10.0 Å². The zero-order valence-electron chi connectivity index (χ0n) is 11.4. The maximum absolute atomic E-state index is 12.5. The minimum Gasteiger partial charge on any atom is -0.480 e. The largest absolute Gasteiger partial charge is 0.480 e. The molecule has 1 aliphatic heterocycles. The predicted octanol–water partition coefficient (Wildman–Crippen LogP) is 1.56. The van der Waals surface area contributed by atoms with E-state index in [9.17, 15) is 18.3 Å². The minimum atomic E-state index is -3.99. The van der Waals surface area contributed by atoms with Crippen LogP contribution in [-0.4, -0.2) is 38.2 Å². The van der Waals surface area contributed by atoms with Crippen molar-refractivity contribution in [2.45, 2.75) is 30.2 Å². The third-order valence-corrected chi connectivity index (χ3v) is 5.44. The number of carbonyl (C=O) groups is 1. The van der Waals surface area contributed by atoms with E-state index < -0.39 is 21.5 Å². The van der Waals surface area contributed by atoms with Crippen LogP contribution in [0.3, 0.4) is 0 Å². The molecule has 0 unspecified atom stereocenters. The Morgan fingerprint density at radius 2 is 2.00 bits per heavy atom. The number of aryl methyl sites for hydroxylation is 1.